The number of aryl methyl sites for hydroxylation is 1. The Morgan fingerprint density at radius 3 is 2.80 bits per heavy atom. The summed E-state index contributed by atoms with van der Waals surface area (Å²) in [5.74, 6) is 0. The molecule has 2 heteroatoms. The second-order valence-electron chi connectivity index (χ2n) is 2.38. The van der Waals surface area contributed by atoms with Gasteiger partial charge in [-0.15, -0.1) is 0 Å². The second-order valence-corrected chi connectivity index (χ2v) is 3.82. The van der Waals surface area contributed by atoms with Crippen LogP contribution in [-0.2, 0) is 6.42 Å². The Labute approximate surface area is 69.6 Å². The van der Waals surface area contributed by atoms with Gasteiger partial charge in [-0.1, -0.05) is 29.8 Å². The van der Waals surface area contributed by atoms with Crippen LogP contribution in [0, 0.1) is 0 Å². The van der Waals surface area contributed by atoms with Crippen LogP contribution in [0.2, 0.25) is 11.1 Å². The Balaban J connectivity index is 2.75. The molecule has 0 N–H and O–H groups in total. The SMILES string of the molecule is [SiH3]CCc1cccc(Cl)c1. The summed E-state index contributed by atoms with van der Waals surface area (Å²) in [4.78, 5) is 0. The third kappa shape index (κ3) is 2.16. The number of benzene rings is 1. The Bertz CT molecular complexity index is 210. The minimum absolute atomic E-state index is 0.854. The quantitative estimate of drug-likeness (QED) is 0.593. The van der Waals surface area contributed by atoms with Gasteiger partial charge in [0.2, 0.25) is 0 Å². The summed E-state index contributed by atoms with van der Waals surface area (Å²) in [6.07, 6.45) is 1.19. The van der Waals surface area contributed by atoms with E-state index in [2.05, 4.69) is 6.07 Å². The van der Waals surface area contributed by atoms with Gasteiger partial charge in [0, 0.05) is 15.3 Å². The first-order chi connectivity index (χ1) is 4.83. The molecule has 0 spiro atoms. The van der Waals surface area contributed by atoms with E-state index in [-0.39, 0.29) is 0 Å². The topological polar surface area (TPSA) is 0 Å². The van der Waals surface area contributed by atoms with Crippen molar-refractivity contribution in [3.05, 3.63) is 34.9 Å². The van der Waals surface area contributed by atoms with Gasteiger partial charge < -0.3 is 0 Å². The minimum Gasteiger partial charge on any atom is -0.0843 e. The van der Waals surface area contributed by atoms with Crippen LogP contribution in [0.15, 0.2) is 24.3 Å². The first-order valence-corrected chi connectivity index (χ1v) is 5.36. The molecule has 0 bridgehead atoms. The highest BCUT2D eigenvalue weighted by Gasteiger charge is 1.90. The summed E-state index contributed by atoms with van der Waals surface area (Å²) >= 11 is 5.79. The number of rotatable bonds is 2. The molecule has 10 heavy (non-hydrogen) atoms. The highest BCUT2D eigenvalue weighted by atomic mass is 35.5. The van der Waals surface area contributed by atoms with Crippen molar-refractivity contribution in [1.82, 2.24) is 0 Å². The summed E-state index contributed by atoms with van der Waals surface area (Å²) in [7, 11) is 1.28. The van der Waals surface area contributed by atoms with Gasteiger partial charge in [-0.25, -0.2) is 0 Å². The third-order valence-corrected chi connectivity index (χ3v) is 2.16. The minimum atomic E-state index is 0.854. The Hall–Kier alpha value is -0.273. The molecule has 1 aromatic carbocycles. The maximum absolute atomic E-state index is 5.79. The highest BCUT2D eigenvalue weighted by Crippen LogP contribution is 2.11. The number of hydrogen-bond acceptors (Lipinski definition) is 0. The summed E-state index contributed by atoms with van der Waals surface area (Å²) < 4.78 is 0. The molecule has 0 amide bonds. The molecule has 1 rings (SSSR count). The molecule has 0 saturated heterocycles. The predicted molar refractivity (Wildman–Crippen MR) is 49.9 cm³/mol. The fraction of sp³-hybridized carbons (Fsp3) is 0.250. The fourth-order valence-corrected chi connectivity index (χ4v) is 1.77. The smallest absolute Gasteiger partial charge is 0.0408 e. The van der Waals surface area contributed by atoms with Gasteiger partial charge in [0.1, 0.15) is 0 Å². The zero-order valence-corrected chi connectivity index (χ0v) is 8.86. The van der Waals surface area contributed by atoms with Gasteiger partial charge >= 0.3 is 0 Å². The van der Waals surface area contributed by atoms with Crippen molar-refractivity contribution < 1.29 is 0 Å². The van der Waals surface area contributed by atoms with Gasteiger partial charge in [-0.05, 0) is 24.1 Å². The van der Waals surface area contributed by atoms with Crippen LogP contribution in [-0.4, -0.2) is 10.2 Å². The van der Waals surface area contributed by atoms with Gasteiger partial charge in [0.05, 0.1) is 0 Å². The molecule has 0 aromatic heterocycles. The molecule has 0 aliphatic carbocycles. The molecular weight excluding hydrogens is 160 g/mol. The molecule has 0 aliphatic heterocycles. The number of halogens is 1. The van der Waals surface area contributed by atoms with Crippen molar-refractivity contribution in [2.75, 3.05) is 0 Å². The lowest BCUT2D eigenvalue weighted by Gasteiger charge is -1.96. The molecule has 0 fully saturated rings. The van der Waals surface area contributed by atoms with E-state index in [9.17, 15) is 0 Å². The molecule has 0 radical (unpaired) electrons. The van der Waals surface area contributed by atoms with E-state index in [4.69, 9.17) is 11.6 Å². The van der Waals surface area contributed by atoms with Crippen molar-refractivity contribution in [3.63, 3.8) is 0 Å². The van der Waals surface area contributed by atoms with Crippen molar-refractivity contribution >= 4 is 21.8 Å². The largest absolute Gasteiger partial charge is 0.0843 e. The number of hydrogen-bond donors (Lipinski definition) is 0. The molecule has 0 unspecified atom stereocenters. The van der Waals surface area contributed by atoms with Crippen LogP contribution in [0.25, 0.3) is 0 Å². The summed E-state index contributed by atoms with van der Waals surface area (Å²) in [5.41, 5.74) is 1.36. The van der Waals surface area contributed by atoms with Crippen LogP contribution < -0.4 is 0 Å². The Kier molecular flexibility index (Phi) is 2.97. The van der Waals surface area contributed by atoms with Crippen LogP contribution in [0.5, 0.6) is 0 Å². The first kappa shape index (κ1) is 7.83. The van der Waals surface area contributed by atoms with E-state index in [0.29, 0.717) is 0 Å². The van der Waals surface area contributed by atoms with E-state index in [1.165, 1.54) is 28.3 Å². The molecule has 0 aliphatic rings. The van der Waals surface area contributed by atoms with Gasteiger partial charge in [-0.2, -0.15) is 0 Å². The zero-order chi connectivity index (χ0) is 7.40. The van der Waals surface area contributed by atoms with E-state index in [1.54, 1.807) is 0 Å². The third-order valence-electron chi connectivity index (χ3n) is 1.43. The standard InChI is InChI=1S/C8H11ClSi/c9-8-3-1-2-7(6-8)4-5-10/h1-3,6H,4-5H2,10H3. The first-order valence-electron chi connectivity index (χ1n) is 3.57. The lowest BCUT2D eigenvalue weighted by atomic mass is 10.2. The maximum atomic E-state index is 5.79. The van der Waals surface area contributed by atoms with Crippen molar-refractivity contribution in [2.45, 2.75) is 12.5 Å². The lowest BCUT2D eigenvalue weighted by molar-refractivity contribution is 1.13. The van der Waals surface area contributed by atoms with Crippen LogP contribution in [0.3, 0.4) is 0 Å². The fourth-order valence-electron chi connectivity index (χ4n) is 0.981. The molecule has 54 valence electrons. The molecular formula is C8H11ClSi. The average Bonchev–Trinajstić information content (AvgIpc) is 1.88. The van der Waals surface area contributed by atoms with Crippen molar-refractivity contribution in [1.29, 1.82) is 0 Å². The van der Waals surface area contributed by atoms with Crippen LogP contribution in [0.1, 0.15) is 5.56 Å². The summed E-state index contributed by atoms with van der Waals surface area (Å²) in [6, 6.07) is 9.41. The predicted octanol–water partition coefficient (Wildman–Crippen LogP) is 1.67. The molecule has 0 saturated carbocycles. The Morgan fingerprint density at radius 1 is 1.40 bits per heavy atom. The second kappa shape index (κ2) is 3.79. The monoisotopic (exact) mass is 170 g/mol. The normalized spacial score (nSPS) is 10.1. The lowest BCUT2D eigenvalue weighted by Crippen LogP contribution is -1.81. The average molecular weight is 171 g/mol. The van der Waals surface area contributed by atoms with E-state index in [1.807, 2.05) is 18.2 Å². The summed E-state index contributed by atoms with van der Waals surface area (Å²) in [6.45, 7) is 0. The summed E-state index contributed by atoms with van der Waals surface area (Å²) in [5, 5.41) is 0.854. The maximum Gasteiger partial charge on any atom is 0.0408 e. The van der Waals surface area contributed by atoms with E-state index >= 15 is 0 Å². The molecule has 0 heterocycles. The van der Waals surface area contributed by atoms with Crippen LogP contribution in [0.4, 0.5) is 0 Å². The van der Waals surface area contributed by atoms with Gasteiger partial charge in [0.15, 0.2) is 0 Å². The van der Waals surface area contributed by atoms with Gasteiger partial charge in [-0.3, -0.25) is 0 Å². The Morgan fingerprint density at radius 2 is 2.20 bits per heavy atom. The zero-order valence-electron chi connectivity index (χ0n) is 6.10. The van der Waals surface area contributed by atoms with E-state index in [0.717, 1.165) is 5.02 Å². The van der Waals surface area contributed by atoms with E-state index < -0.39 is 0 Å². The highest BCUT2D eigenvalue weighted by molar-refractivity contribution is 6.30. The molecule has 0 atom stereocenters. The molecule has 1 aromatic rings. The van der Waals surface area contributed by atoms with Crippen LogP contribution >= 0.6 is 11.6 Å². The van der Waals surface area contributed by atoms with Crippen molar-refractivity contribution in [2.24, 2.45) is 0 Å². The van der Waals surface area contributed by atoms with Gasteiger partial charge in [0.25, 0.3) is 0 Å². The van der Waals surface area contributed by atoms with Crippen molar-refractivity contribution in [3.8, 4) is 0 Å². The molecule has 0 nitrogen and oxygen atoms in total.